The molecule has 0 heterocycles. The predicted octanol–water partition coefficient (Wildman–Crippen LogP) is 1.35. The first-order valence-corrected chi connectivity index (χ1v) is 4.69. The summed E-state index contributed by atoms with van der Waals surface area (Å²) in [4.78, 5) is 20.4. The molecule has 0 spiro atoms. The molecular formula is C10H9N3O4. The first-order valence-electron chi connectivity index (χ1n) is 4.69. The number of benzene rings is 1. The van der Waals surface area contributed by atoms with Gasteiger partial charge < -0.3 is 10.4 Å². The van der Waals surface area contributed by atoms with Crippen molar-refractivity contribution in [3.8, 4) is 6.07 Å². The lowest BCUT2D eigenvalue weighted by Gasteiger charge is -2.05. The van der Waals surface area contributed by atoms with Crippen molar-refractivity contribution in [2.75, 3.05) is 11.9 Å². The van der Waals surface area contributed by atoms with Gasteiger partial charge in [-0.1, -0.05) is 0 Å². The van der Waals surface area contributed by atoms with Gasteiger partial charge in [-0.15, -0.1) is 0 Å². The average molecular weight is 235 g/mol. The van der Waals surface area contributed by atoms with Crippen molar-refractivity contribution in [2.45, 2.75) is 6.42 Å². The summed E-state index contributed by atoms with van der Waals surface area (Å²) in [6, 6.07) is 5.75. The van der Waals surface area contributed by atoms with Gasteiger partial charge in [-0.2, -0.15) is 5.26 Å². The molecule has 0 amide bonds. The zero-order valence-electron chi connectivity index (χ0n) is 8.71. The lowest BCUT2D eigenvalue weighted by Crippen LogP contribution is -2.09. The molecule has 0 aliphatic rings. The van der Waals surface area contributed by atoms with Gasteiger partial charge >= 0.3 is 5.97 Å². The third kappa shape index (κ3) is 3.46. The van der Waals surface area contributed by atoms with Gasteiger partial charge in [-0.3, -0.25) is 14.9 Å². The van der Waals surface area contributed by atoms with Crippen molar-refractivity contribution in [1.29, 1.82) is 5.26 Å². The highest BCUT2D eigenvalue weighted by Gasteiger charge is 2.14. The number of hydrogen-bond donors (Lipinski definition) is 2. The van der Waals surface area contributed by atoms with Crippen LogP contribution in [0.3, 0.4) is 0 Å². The number of nitro benzene ring substituents is 1. The van der Waals surface area contributed by atoms with E-state index in [4.69, 9.17) is 10.4 Å². The zero-order chi connectivity index (χ0) is 12.8. The minimum absolute atomic E-state index is 0.0854. The molecule has 0 aliphatic carbocycles. The number of hydrogen-bond acceptors (Lipinski definition) is 5. The monoisotopic (exact) mass is 235 g/mol. The van der Waals surface area contributed by atoms with Gasteiger partial charge in [0.05, 0.1) is 23.0 Å². The SMILES string of the molecule is N#Cc1ccc(NCCC(=O)O)c([N+](=O)[O-])c1. The number of aliphatic carboxylic acids is 1. The van der Waals surface area contributed by atoms with Crippen LogP contribution < -0.4 is 5.32 Å². The molecule has 17 heavy (non-hydrogen) atoms. The van der Waals surface area contributed by atoms with Crippen LogP contribution in [0.2, 0.25) is 0 Å². The van der Waals surface area contributed by atoms with Gasteiger partial charge in [0, 0.05) is 12.6 Å². The molecule has 0 saturated carbocycles. The highest BCUT2D eigenvalue weighted by Crippen LogP contribution is 2.25. The van der Waals surface area contributed by atoms with Gasteiger partial charge in [0.15, 0.2) is 0 Å². The van der Waals surface area contributed by atoms with E-state index in [0.717, 1.165) is 6.07 Å². The first-order chi connectivity index (χ1) is 8.04. The molecule has 0 aromatic heterocycles. The van der Waals surface area contributed by atoms with Gasteiger partial charge in [0.25, 0.3) is 5.69 Å². The van der Waals surface area contributed by atoms with Crippen molar-refractivity contribution in [2.24, 2.45) is 0 Å². The molecule has 7 heteroatoms. The number of carbonyl (C=O) groups is 1. The predicted molar refractivity (Wildman–Crippen MR) is 58.6 cm³/mol. The lowest BCUT2D eigenvalue weighted by molar-refractivity contribution is -0.384. The summed E-state index contributed by atoms with van der Waals surface area (Å²) in [6.07, 6.45) is -0.142. The third-order valence-electron chi connectivity index (χ3n) is 1.98. The smallest absolute Gasteiger partial charge is 0.305 e. The summed E-state index contributed by atoms with van der Waals surface area (Å²) < 4.78 is 0. The minimum atomic E-state index is -0.992. The fourth-order valence-corrected chi connectivity index (χ4v) is 1.21. The Morgan fingerprint density at radius 1 is 1.59 bits per heavy atom. The van der Waals surface area contributed by atoms with Crippen LogP contribution in [-0.4, -0.2) is 22.5 Å². The Balaban J connectivity index is 2.88. The summed E-state index contributed by atoms with van der Waals surface area (Å²) in [5.74, 6) is -0.992. The summed E-state index contributed by atoms with van der Waals surface area (Å²) in [5.41, 5.74) is 0.144. The molecule has 0 radical (unpaired) electrons. The van der Waals surface area contributed by atoms with Crippen LogP contribution in [-0.2, 0) is 4.79 Å². The molecule has 7 nitrogen and oxygen atoms in total. The highest BCUT2D eigenvalue weighted by molar-refractivity contribution is 5.69. The first kappa shape index (κ1) is 12.4. The minimum Gasteiger partial charge on any atom is -0.481 e. The number of carboxylic acids is 1. The molecule has 2 N–H and O–H groups in total. The van der Waals surface area contributed by atoms with Gasteiger partial charge in [-0.05, 0) is 12.1 Å². The van der Waals surface area contributed by atoms with Gasteiger partial charge in [0.2, 0.25) is 0 Å². The van der Waals surface area contributed by atoms with Crippen LogP contribution in [0.15, 0.2) is 18.2 Å². The second kappa shape index (κ2) is 5.46. The van der Waals surface area contributed by atoms with Crippen LogP contribution in [0.1, 0.15) is 12.0 Å². The van der Waals surface area contributed by atoms with Gasteiger partial charge in [0.1, 0.15) is 5.69 Å². The lowest BCUT2D eigenvalue weighted by atomic mass is 10.2. The number of nitro groups is 1. The van der Waals surface area contributed by atoms with Crippen molar-refractivity contribution < 1.29 is 14.8 Å². The number of carboxylic acid groups (broad SMARTS) is 1. The van der Waals surface area contributed by atoms with Crippen molar-refractivity contribution in [3.05, 3.63) is 33.9 Å². The van der Waals surface area contributed by atoms with Crippen molar-refractivity contribution in [1.82, 2.24) is 0 Å². The van der Waals surface area contributed by atoms with E-state index in [9.17, 15) is 14.9 Å². The molecule has 0 unspecified atom stereocenters. The maximum Gasteiger partial charge on any atom is 0.305 e. The highest BCUT2D eigenvalue weighted by atomic mass is 16.6. The fourth-order valence-electron chi connectivity index (χ4n) is 1.21. The Morgan fingerprint density at radius 3 is 2.82 bits per heavy atom. The maximum absolute atomic E-state index is 10.7. The molecule has 1 aromatic carbocycles. The molecule has 0 atom stereocenters. The number of nitrogens with zero attached hydrogens (tertiary/aromatic N) is 2. The largest absolute Gasteiger partial charge is 0.481 e. The summed E-state index contributed by atoms with van der Waals surface area (Å²) in [6.45, 7) is 0.0854. The standard InChI is InChI=1S/C10H9N3O4/c11-6-7-1-2-8(9(5-7)13(16)17)12-4-3-10(14)15/h1-2,5,12H,3-4H2,(H,14,15). The van der Waals surface area contributed by atoms with E-state index >= 15 is 0 Å². The Bertz CT molecular complexity index is 493. The van der Waals surface area contributed by atoms with Crippen LogP contribution in [0.5, 0.6) is 0 Å². The Kier molecular flexibility index (Phi) is 4.00. The quantitative estimate of drug-likeness (QED) is 0.587. The fraction of sp³-hybridized carbons (Fsp3) is 0.200. The Hall–Kier alpha value is -2.62. The van der Waals surface area contributed by atoms with E-state index in [1.165, 1.54) is 12.1 Å². The molecular weight excluding hydrogens is 226 g/mol. The second-order valence-corrected chi connectivity index (χ2v) is 3.17. The molecule has 1 aromatic rings. The topological polar surface area (TPSA) is 116 Å². The normalized spacial score (nSPS) is 9.35. The molecule has 0 bridgehead atoms. The molecule has 0 fully saturated rings. The summed E-state index contributed by atoms with van der Waals surface area (Å²) in [5, 5.41) is 30.4. The zero-order valence-corrected chi connectivity index (χ0v) is 8.71. The van der Waals surface area contributed by atoms with Crippen molar-refractivity contribution in [3.63, 3.8) is 0 Å². The number of rotatable bonds is 5. The van der Waals surface area contributed by atoms with Crippen LogP contribution in [0.4, 0.5) is 11.4 Å². The average Bonchev–Trinajstić information content (AvgIpc) is 2.28. The summed E-state index contributed by atoms with van der Waals surface area (Å²) in [7, 11) is 0. The molecule has 0 aliphatic heterocycles. The molecule has 0 saturated heterocycles. The number of nitrogens with one attached hydrogen (secondary N) is 1. The van der Waals surface area contributed by atoms with E-state index < -0.39 is 10.9 Å². The Morgan fingerprint density at radius 2 is 2.29 bits per heavy atom. The number of nitriles is 1. The van der Waals surface area contributed by atoms with Crippen LogP contribution in [0.25, 0.3) is 0 Å². The van der Waals surface area contributed by atoms with E-state index in [2.05, 4.69) is 5.32 Å². The summed E-state index contributed by atoms with van der Waals surface area (Å²) >= 11 is 0. The third-order valence-corrected chi connectivity index (χ3v) is 1.98. The van der Waals surface area contributed by atoms with E-state index in [0.29, 0.717) is 0 Å². The van der Waals surface area contributed by atoms with E-state index in [1.54, 1.807) is 6.07 Å². The Labute approximate surface area is 96.4 Å². The van der Waals surface area contributed by atoms with E-state index in [-0.39, 0.29) is 29.9 Å². The molecule has 88 valence electrons. The van der Waals surface area contributed by atoms with Crippen molar-refractivity contribution >= 4 is 17.3 Å². The van der Waals surface area contributed by atoms with E-state index in [1.807, 2.05) is 0 Å². The van der Waals surface area contributed by atoms with Crippen LogP contribution in [0, 0.1) is 21.4 Å². The maximum atomic E-state index is 10.7. The van der Waals surface area contributed by atoms with Crippen LogP contribution >= 0.6 is 0 Å². The van der Waals surface area contributed by atoms with Gasteiger partial charge in [-0.25, -0.2) is 0 Å². The molecule has 1 rings (SSSR count). The number of anilines is 1. The second-order valence-electron chi connectivity index (χ2n) is 3.17.